The van der Waals surface area contributed by atoms with Gasteiger partial charge >= 0.3 is 24.5 Å². The van der Waals surface area contributed by atoms with Gasteiger partial charge in [0.1, 0.15) is 24.4 Å². The van der Waals surface area contributed by atoms with Crippen LogP contribution in [0.5, 0.6) is 0 Å². The van der Waals surface area contributed by atoms with Gasteiger partial charge in [0, 0.05) is 23.4 Å². The number of halogens is 6. The summed E-state index contributed by atoms with van der Waals surface area (Å²) in [6.07, 6.45) is -12.8. The highest BCUT2D eigenvalue weighted by Gasteiger charge is 2.54. The van der Waals surface area contributed by atoms with Gasteiger partial charge in [-0.3, -0.25) is 10.1 Å². The van der Waals surface area contributed by atoms with E-state index in [0.29, 0.717) is 24.5 Å². The summed E-state index contributed by atoms with van der Waals surface area (Å²) in [6, 6.07) is 13.4. The van der Waals surface area contributed by atoms with Crippen LogP contribution in [0.1, 0.15) is 101 Å². The number of hydrogen-bond acceptors (Lipinski definition) is 10. The number of unbranched alkanes of at least 4 members (excludes halogenated alkanes) is 7. The third-order valence-corrected chi connectivity index (χ3v) is 11.7. The van der Waals surface area contributed by atoms with E-state index in [0.717, 1.165) is 68.9 Å². The molecular weight excluding hydrogens is 895 g/mol. The molecule has 6 rings (SSSR count). The third kappa shape index (κ3) is 14.5. The Labute approximate surface area is 384 Å². The Hall–Kier alpha value is -4.99. The van der Waals surface area contributed by atoms with Gasteiger partial charge < -0.3 is 49.5 Å². The third-order valence-electron chi connectivity index (χ3n) is 11.7. The maximum absolute atomic E-state index is 13.7. The molecule has 5 N–H and O–H groups in total. The van der Waals surface area contributed by atoms with Crippen LogP contribution in [0.3, 0.4) is 0 Å². The highest BCUT2D eigenvalue weighted by atomic mass is 19.4. The van der Waals surface area contributed by atoms with Gasteiger partial charge in [0.05, 0.1) is 42.5 Å². The van der Waals surface area contributed by atoms with E-state index in [1.165, 1.54) is 18.6 Å². The minimum atomic E-state index is -4.73. The van der Waals surface area contributed by atoms with Crippen LogP contribution < -0.4 is 21.3 Å². The maximum Gasteiger partial charge on any atom is 0.416 e. The summed E-state index contributed by atoms with van der Waals surface area (Å²) < 4.78 is 118. The molecule has 14 nitrogen and oxygen atoms in total. The lowest BCUT2D eigenvalue weighted by Crippen LogP contribution is -2.69. The van der Waals surface area contributed by atoms with E-state index >= 15 is 0 Å². The molecule has 0 radical (unpaired) electrons. The second-order valence-electron chi connectivity index (χ2n) is 16.8. The van der Waals surface area contributed by atoms with E-state index in [4.69, 9.17) is 28.4 Å². The molecule has 4 amide bonds. The standard InChI is InChI=1S/C47H58F6N4O10/c1-3-5-6-7-8-9-10-14-23-36(58)57-37-34(4-2)62-26-33(56-44(60)54-31-21-15-19-29(24-31)46(48,49)50)39(37)65-43-41(67-45(61)55-32-22-16-20-30(25-32)47(51,52)53)38(59)40-35(64-43)27-63-42(66-40)28-17-12-11-13-18-28/h11-13,15-22,24-25,33-35,37-43,59H,3-10,14,23,26-27H2,1-2H3,(H,55,61)(H,57,58)(H2,54,56,60)/t33?,34?,35?,37-,38-,39+,40-,41?,42?,43-/m0/s1. The number of carbonyl (C=O) groups is 3. The number of rotatable bonds is 18. The molecule has 0 bridgehead atoms. The molecule has 0 saturated carbocycles. The quantitative estimate of drug-likeness (QED) is 0.0611. The number of amides is 4. The Morgan fingerprint density at radius 2 is 1.34 bits per heavy atom. The van der Waals surface area contributed by atoms with Crippen molar-refractivity contribution in [3.8, 4) is 0 Å². The molecule has 3 aliphatic heterocycles. The summed E-state index contributed by atoms with van der Waals surface area (Å²) in [4.78, 5) is 40.8. The van der Waals surface area contributed by atoms with Crippen LogP contribution in [0.4, 0.5) is 47.3 Å². The molecule has 3 saturated heterocycles. The Morgan fingerprint density at radius 3 is 1.97 bits per heavy atom. The second-order valence-corrected chi connectivity index (χ2v) is 16.8. The molecule has 0 aliphatic carbocycles. The predicted molar refractivity (Wildman–Crippen MR) is 231 cm³/mol. The lowest BCUT2D eigenvalue weighted by molar-refractivity contribution is -0.368. The SMILES string of the molecule is CCCCCCCCCCC(=O)N[C@H]1C(CC)OCC(NC(=O)Nc2cccc(C(F)(F)F)c2)[C@H]1O[C@@H]1OC2COC(c3ccccc3)O[C@@H]2[C@H](O)C1OC(=O)Nc1cccc(C(F)(F)F)c1. The van der Waals surface area contributed by atoms with E-state index in [9.17, 15) is 45.8 Å². The molecule has 0 spiro atoms. The highest BCUT2D eigenvalue weighted by Crippen LogP contribution is 2.38. The summed E-state index contributed by atoms with van der Waals surface area (Å²) in [5.74, 6) is -0.361. The largest absolute Gasteiger partial charge is 0.438 e. The number of alkyl halides is 6. The number of carbonyl (C=O) groups excluding carboxylic acids is 3. The first kappa shape index (κ1) is 51.4. The number of anilines is 2. The maximum atomic E-state index is 13.7. The summed E-state index contributed by atoms with van der Waals surface area (Å²) in [5.41, 5.74) is -1.91. The monoisotopic (exact) mass is 952 g/mol. The molecule has 368 valence electrons. The van der Waals surface area contributed by atoms with Gasteiger partial charge in [-0.25, -0.2) is 9.59 Å². The molecule has 5 unspecified atom stereocenters. The summed E-state index contributed by atoms with van der Waals surface area (Å²) in [6.45, 7) is 3.54. The topological polar surface area (TPSA) is 175 Å². The molecule has 10 atom stereocenters. The van der Waals surface area contributed by atoms with Gasteiger partial charge in [-0.1, -0.05) is 101 Å². The Balaban J connectivity index is 1.27. The fourth-order valence-electron chi connectivity index (χ4n) is 8.30. The van der Waals surface area contributed by atoms with Crippen LogP contribution >= 0.6 is 0 Å². The number of aliphatic hydroxyl groups excluding tert-OH is 1. The van der Waals surface area contributed by atoms with Crippen LogP contribution in [0.25, 0.3) is 0 Å². The molecule has 3 aromatic rings. The Kier molecular flexibility index (Phi) is 18.3. The second kappa shape index (κ2) is 23.8. The number of ether oxygens (including phenoxy) is 6. The van der Waals surface area contributed by atoms with E-state index in [1.807, 2.05) is 0 Å². The zero-order valence-electron chi connectivity index (χ0n) is 37.2. The Bertz CT molecular complexity index is 2070. The fourth-order valence-corrected chi connectivity index (χ4v) is 8.30. The molecular formula is C47H58F6N4O10. The van der Waals surface area contributed by atoms with Crippen LogP contribution in [0.15, 0.2) is 78.9 Å². The minimum absolute atomic E-state index is 0.143. The van der Waals surface area contributed by atoms with Gasteiger partial charge in [-0.05, 0) is 49.2 Å². The van der Waals surface area contributed by atoms with E-state index in [1.54, 1.807) is 37.3 Å². The lowest BCUT2D eigenvalue weighted by Gasteiger charge is -2.49. The number of urea groups is 1. The van der Waals surface area contributed by atoms with Crippen LogP contribution in [-0.4, -0.2) is 91.3 Å². The minimum Gasteiger partial charge on any atom is -0.438 e. The summed E-state index contributed by atoms with van der Waals surface area (Å²) in [5, 5.41) is 22.3. The lowest BCUT2D eigenvalue weighted by atomic mass is 9.92. The molecule has 3 aromatic carbocycles. The number of benzene rings is 3. The first-order chi connectivity index (χ1) is 32.0. The molecule has 0 aromatic heterocycles. The zero-order chi connectivity index (χ0) is 48.1. The molecule has 20 heteroatoms. The average molecular weight is 953 g/mol. The van der Waals surface area contributed by atoms with E-state index < -0.39 is 96.9 Å². The molecule has 3 heterocycles. The van der Waals surface area contributed by atoms with Gasteiger partial charge in [-0.15, -0.1) is 0 Å². The van der Waals surface area contributed by atoms with Crippen molar-refractivity contribution in [2.45, 2.75) is 152 Å². The number of fused-ring (bicyclic) bond motifs is 1. The summed E-state index contributed by atoms with van der Waals surface area (Å²) >= 11 is 0. The van der Waals surface area contributed by atoms with Crippen molar-refractivity contribution in [3.05, 3.63) is 95.6 Å². The number of aliphatic hydroxyl groups is 1. The van der Waals surface area contributed by atoms with Crippen molar-refractivity contribution in [2.75, 3.05) is 23.8 Å². The summed E-state index contributed by atoms with van der Waals surface area (Å²) in [7, 11) is 0. The first-order valence-electron chi connectivity index (χ1n) is 22.7. The predicted octanol–water partition coefficient (Wildman–Crippen LogP) is 9.24. The van der Waals surface area contributed by atoms with Crippen LogP contribution in [0.2, 0.25) is 0 Å². The number of hydrogen-bond donors (Lipinski definition) is 5. The van der Waals surface area contributed by atoms with E-state index in [-0.39, 0.29) is 36.9 Å². The van der Waals surface area contributed by atoms with Crippen LogP contribution in [-0.2, 0) is 45.6 Å². The van der Waals surface area contributed by atoms with Crippen molar-refractivity contribution in [1.82, 2.24) is 10.6 Å². The van der Waals surface area contributed by atoms with Crippen molar-refractivity contribution in [3.63, 3.8) is 0 Å². The average Bonchev–Trinajstić information content (AvgIpc) is 3.29. The van der Waals surface area contributed by atoms with Crippen molar-refractivity contribution in [2.24, 2.45) is 0 Å². The molecule has 67 heavy (non-hydrogen) atoms. The number of nitrogens with one attached hydrogen (secondary N) is 4. The van der Waals surface area contributed by atoms with Gasteiger partial charge in [0.25, 0.3) is 0 Å². The fraction of sp³-hybridized carbons (Fsp3) is 0.553. The van der Waals surface area contributed by atoms with Gasteiger partial charge in [-0.2, -0.15) is 26.3 Å². The van der Waals surface area contributed by atoms with Crippen molar-refractivity contribution < 1.29 is 74.3 Å². The molecule has 3 aliphatic rings. The highest BCUT2D eigenvalue weighted by molar-refractivity contribution is 5.89. The van der Waals surface area contributed by atoms with Crippen molar-refractivity contribution in [1.29, 1.82) is 0 Å². The van der Waals surface area contributed by atoms with Gasteiger partial charge in [0.15, 0.2) is 18.7 Å². The Morgan fingerprint density at radius 1 is 0.716 bits per heavy atom. The van der Waals surface area contributed by atoms with Crippen molar-refractivity contribution >= 4 is 29.4 Å². The zero-order valence-corrected chi connectivity index (χ0v) is 37.2. The van der Waals surface area contributed by atoms with E-state index in [2.05, 4.69) is 28.2 Å². The smallest absolute Gasteiger partial charge is 0.416 e. The van der Waals surface area contributed by atoms with Gasteiger partial charge in [0.2, 0.25) is 5.91 Å². The molecule has 3 fully saturated rings. The van der Waals surface area contributed by atoms with Crippen LogP contribution in [0, 0.1) is 0 Å². The first-order valence-corrected chi connectivity index (χ1v) is 22.7. The normalized spacial score (nSPS) is 26.5.